The molecule has 0 saturated carbocycles. The Balaban J connectivity index is 0.000000129. The van der Waals surface area contributed by atoms with Crippen LogP contribution in [0.25, 0.3) is 195 Å². The topological polar surface area (TPSA) is 135 Å². The third-order valence-corrected chi connectivity index (χ3v) is 19.2. The standard InChI is InChI=1S/C45H26N4O2.C33H18ClN3O2.C13H10/c1-2-12-27(13-3-1)43-46-44(48-45(47-43)35-19-10-17-32-31-16-6-9-22-38(31)51-42(32)35)34-18-11-23-39-41(34)33-25-24-28(26-40(33)50-39)49-36-20-7-4-14-29(36)30-15-5-8-21-37(30)49;34-20-16-17-23-28(18-20)38-27-15-7-12-24(29(23)27)32-35-31(19-8-2-1-3-9-19)36-33(37-32)25-13-6-11-22-21-10-4-5-14-26(21)39-30(22)25;1-3-7-12-10(5-1)9-11-6-2-4-8-13(11)12/h1-26H;1-18H;1-8H,9H2/i1D,2D,3D,12D,13D;1D,2D,3D,8D,9D;. The molecule has 14 aromatic carbocycles. The molecule has 7 heterocycles. The molecule has 0 amide bonds. The van der Waals surface area contributed by atoms with Crippen molar-refractivity contribution in [1.29, 1.82) is 0 Å². The Morgan fingerprint density at radius 3 is 1.18 bits per heavy atom. The number of rotatable bonds is 7. The number of hydrogen-bond acceptors (Lipinski definition) is 10. The van der Waals surface area contributed by atoms with Crippen LogP contribution in [-0.4, -0.2) is 34.5 Å². The molecule has 0 saturated heterocycles. The largest absolute Gasteiger partial charge is 0.456 e. The third-order valence-electron chi connectivity index (χ3n) is 19.0. The maximum atomic E-state index is 8.81. The Kier molecular flexibility index (Phi) is 11.8. The van der Waals surface area contributed by atoms with Gasteiger partial charge in [-0.15, -0.1) is 0 Å². The van der Waals surface area contributed by atoms with Crippen LogP contribution >= 0.6 is 11.6 Å². The van der Waals surface area contributed by atoms with Crippen molar-refractivity contribution in [2.45, 2.75) is 6.42 Å². The van der Waals surface area contributed by atoms with E-state index in [-0.39, 0.29) is 46.1 Å². The summed E-state index contributed by atoms with van der Waals surface area (Å²) in [6, 6.07) is 78.9. The Labute approximate surface area is 606 Å². The van der Waals surface area contributed by atoms with E-state index in [1.54, 1.807) is 12.1 Å². The number of fused-ring (bicyclic) bond motifs is 18. The Hall–Kier alpha value is -13.6. The number of benzene rings is 14. The highest BCUT2D eigenvalue weighted by atomic mass is 35.5. The molecule has 0 fully saturated rings. The summed E-state index contributed by atoms with van der Waals surface area (Å²) in [4.78, 5) is 29.0. The van der Waals surface area contributed by atoms with Gasteiger partial charge < -0.3 is 22.2 Å². The predicted octanol–water partition coefficient (Wildman–Crippen LogP) is 24.4. The van der Waals surface area contributed by atoms with E-state index < -0.39 is 60.4 Å². The molecule has 0 unspecified atom stereocenters. The first-order valence-electron chi connectivity index (χ1n) is 38.3. The van der Waals surface area contributed by atoms with Crippen LogP contribution < -0.4 is 0 Å². The van der Waals surface area contributed by atoms with Gasteiger partial charge in [-0.05, 0) is 101 Å². The highest BCUT2D eigenvalue weighted by Gasteiger charge is 2.25. The Morgan fingerprint density at radius 2 is 0.670 bits per heavy atom. The van der Waals surface area contributed by atoms with E-state index in [1.165, 1.54) is 22.3 Å². The van der Waals surface area contributed by atoms with Gasteiger partial charge in [-0.3, -0.25) is 0 Å². The number of halogens is 1. The van der Waals surface area contributed by atoms with Crippen LogP contribution in [0.1, 0.15) is 24.8 Å². The summed E-state index contributed by atoms with van der Waals surface area (Å²) in [6.07, 6.45) is 1.10. The molecular weight excluding hydrogens is 1290 g/mol. The number of nitrogens with zero attached hydrogens (tertiary/aromatic N) is 7. The van der Waals surface area contributed by atoms with E-state index >= 15 is 0 Å². The average molecular weight is 1350 g/mol. The average Bonchev–Trinajstić information content (AvgIpc) is 1.44. The first kappa shape index (κ1) is 49.8. The molecule has 1 aliphatic rings. The molecule has 22 rings (SSSR count). The Bertz CT molecular complexity index is 7470. The highest BCUT2D eigenvalue weighted by molar-refractivity contribution is 6.31. The van der Waals surface area contributed by atoms with Gasteiger partial charge in [-0.25, -0.2) is 29.9 Å². The maximum absolute atomic E-state index is 8.81. The van der Waals surface area contributed by atoms with Crippen LogP contribution in [0.3, 0.4) is 0 Å². The molecular formula is C91H54ClN7O4. The molecule has 11 nitrogen and oxygen atoms in total. The summed E-state index contributed by atoms with van der Waals surface area (Å²) in [5, 5.41) is 9.59. The minimum absolute atomic E-state index is 0.0615. The van der Waals surface area contributed by atoms with Gasteiger partial charge in [0.25, 0.3) is 0 Å². The van der Waals surface area contributed by atoms with Crippen molar-refractivity contribution in [1.82, 2.24) is 34.5 Å². The van der Waals surface area contributed by atoms with Crippen LogP contribution in [0.15, 0.2) is 333 Å². The lowest BCUT2D eigenvalue weighted by Crippen LogP contribution is -2.00. The van der Waals surface area contributed by atoms with E-state index in [2.05, 4.69) is 95.6 Å². The summed E-state index contributed by atoms with van der Waals surface area (Å²) in [5.74, 6) is 0.781. The minimum atomic E-state index is -0.501. The zero-order chi connectivity index (χ0) is 76.8. The van der Waals surface area contributed by atoms with Crippen molar-refractivity contribution in [3.8, 4) is 85.1 Å². The van der Waals surface area contributed by atoms with Crippen molar-refractivity contribution in [3.05, 3.63) is 331 Å². The van der Waals surface area contributed by atoms with E-state index in [9.17, 15) is 0 Å². The minimum Gasteiger partial charge on any atom is -0.456 e. The molecule has 0 bridgehead atoms. The normalized spacial score (nSPS) is 13.3. The van der Waals surface area contributed by atoms with E-state index in [0.29, 0.717) is 71.9 Å². The summed E-state index contributed by atoms with van der Waals surface area (Å²) >= 11 is 6.24. The van der Waals surface area contributed by atoms with Crippen LogP contribution in [0, 0.1) is 0 Å². The summed E-state index contributed by atoms with van der Waals surface area (Å²) in [5.41, 5.74) is 15.9. The Morgan fingerprint density at radius 1 is 0.291 bits per heavy atom. The second kappa shape index (κ2) is 24.4. The van der Waals surface area contributed by atoms with Crippen LogP contribution in [0.5, 0.6) is 0 Å². The molecule has 12 heteroatoms. The first-order valence-corrected chi connectivity index (χ1v) is 33.7. The lowest BCUT2D eigenvalue weighted by atomic mass is 10.0. The van der Waals surface area contributed by atoms with E-state index in [1.807, 2.05) is 152 Å². The SMILES string of the molecule is [2H]c1c([2H])c([2H])c(-c2nc(-c3cccc4c3oc3ccccc34)nc(-c3cccc4oc5cc(-n6c7ccccc7c7ccccc76)ccc5c34)n2)c([2H])c1[2H].[2H]c1c([2H])c([2H])c(-c2nc(-c3cccc4c3oc3ccccc34)nc(-c3cccc4oc5cc(Cl)ccc5c34)n2)c([2H])c1[2H].c1ccc2c(c1)Cc1ccccc1-2. The molecule has 0 N–H and O–H groups in total. The van der Waals surface area contributed by atoms with Crippen LogP contribution in [-0.2, 0) is 6.42 Å². The fraction of sp³-hybridized carbons (Fsp3) is 0.0110. The smallest absolute Gasteiger partial charge is 0.167 e. The lowest BCUT2D eigenvalue weighted by molar-refractivity contribution is 0.668. The van der Waals surface area contributed by atoms with E-state index in [4.69, 9.17) is 72.9 Å². The van der Waals surface area contributed by atoms with Gasteiger partial charge in [0.2, 0.25) is 0 Å². The molecule has 21 aromatic rings. The summed E-state index contributed by atoms with van der Waals surface area (Å²) < 4.78 is 112. The lowest BCUT2D eigenvalue weighted by Gasteiger charge is -2.10. The zero-order valence-electron chi connectivity index (χ0n) is 64.1. The molecule has 1 aliphatic carbocycles. The number of aromatic nitrogens is 7. The second-order valence-electron chi connectivity index (χ2n) is 24.9. The van der Waals surface area contributed by atoms with Gasteiger partial charge in [0, 0.05) is 99.0 Å². The second-order valence-corrected chi connectivity index (χ2v) is 25.4. The van der Waals surface area contributed by atoms with Gasteiger partial charge in [-0.1, -0.05) is 242 Å². The molecule has 0 atom stereocenters. The predicted molar refractivity (Wildman–Crippen MR) is 415 cm³/mol. The fourth-order valence-electron chi connectivity index (χ4n) is 14.4. The van der Waals surface area contributed by atoms with Crippen LogP contribution in [0.2, 0.25) is 5.02 Å². The highest BCUT2D eigenvalue weighted by Crippen LogP contribution is 2.44. The van der Waals surface area contributed by atoms with Crippen molar-refractivity contribution in [3.63, 3.8) is 0 Å². The zero-order valence-corrected chi connectivity index (χ0v) is 54.9. The van der Waals surface area contributed by atoms with Gasteiger partial charge >= 0.3 is 0 Å². The molecule has 0 aliphatic heterocycles. The van der Waals surface area contributed by atoms with Crippen molar-refractivity contribution < 1.29 is 31.4 Å². The molecule has 0 radical (unpaired) electrons. The molecule has 484 valence electrons. The van der Waals surface area contributed by atoms with Crippen molar-refractivity contribution in [2.75, 3.05) is 0 Å². The van der Waals surface area contributed by atoms with Gasteiger partial charge in [-0.2, -0.15) is 0 Å². The summed E-state index contributed by atoms with van der Waals surface area (Å²) in [7, 11) is 0. The number of para-hydroxylation sites is 6. The summed E-state index contributed by atoms with van der Waals surface area (Å²) in [6.45, 7) is 0. The van der Waals surface area contributed by atoms with Gasteiger partial charge in [0.1, 0.15) is 44.7 Å². The monoisotopic (exact) mass is 1350 g/mol. The van der Waals surface area contributed by atoms with Gasteiger partial charge in [0.05, 0.1) is 35.9 Å². The van der Waals surface area contributed by atoms with Crippen LogP contribution in [0.4, 0.5) is 0 Å². The van der Waals surface area contributed by atoms with Crippen molar-refractivity contribution >= 4 is 121 Å². The maximum Gasteiger partial charge on any atom is 0.167 e. The number of hydrogen-bond donors (Lipinski definition) is 0. The third kappa shape index (κ3) is 10.2. The van der Waals surface area contributed by atoms with Crippen molar-refractivity contribution in [2.24, 2.45) is 0 Å². The van der Waals surface area contributed by atoms with E-state index in [0.717, 1.165) is 77.0 Å². The first-order chi connectivity index (χ1) is 55.1. The number of furan rings is 4. The quantitative estimate of drug-likeness (QED) is 0.152. The molecule has 7 aromatic heterocycles. The van der Waals surface area contributed by atoms with Gasteiger partial charge in [0.15, 0.2) is 34.9 Å². The fourth-order valence-corrected chi connectivity index (χ4v) is 14.6. The molecule has 103 heavy (non-hydrogen) atoms. The molecule has 0 spiro atoms.